The molecule has 0 bridgehead atoms. The molecule has 0 N–H and O–H groups in total. The third kappa shape index (κ3) is 5.26. The van der Waals surface area contributed by atoms with Crippen LogP contribution in [0.4, 0.5) is 5.69 Å². The number of rotatable bonds is 6. The van der Waals surface area contributed by atoms with E-state index in [0.717, 1.165) is 17.0 Å². The first kappa shape index (κ1) is 27.7. The van der Waals surface area contributed by atoms with Crippen molar-refractivity contribution in [3.05, 3.63) is 199 Å². The number of ether oxygens (including phenoxy) is 1. The average molecular weight is 586 g/mol. The minimum atomic E-state index is -2.55. The molecule has 212 valence electrons. The fourth-order valence-electron chi connectivity index (χ4n) is 6.10. The predicted molar refractivity (Wildman–Crippen MR) is 188 cm³/mol. The van der Waals surface area contributed by atoms with Gasteiger partial charge in [0.15, 0.2) is 0 Å². The lowest BCUT2D eigenvalue weighted by Gasteiger charge is -2.38. The van der Waals surface area contributed by atoms with Crippen LogP contribution in [0.2, 0.25) is 0 Å². The Morgan fingerprint density at radius 1 is 0.455 bits per heavy atom. The Morgan fingerprint density at radius 3 is 1.34 bits per heavy atom. The smallest absolute Gasteiger partial charge is 0.225 e. The summed E-state index contributed by atoms with van der Waals surface area (Å²) in [6, 6.07) is 64.1. The van der Waals surface area contributed by atoms with Gasteiger partial charge in [-0.3, -0.25) is 0 Å². The molecule has 1 aliphatic rings. The maximum Gasteiger partial charge on any atom is 0.225 e. The minimum absolute atomic E-state index is 0.100. The van der Waals surface area contributed by atoms with E-state index < -0.39 is 6.89 Å². The molecule has 1 unspecified atom stereocenters. The summed E-state index contributed by atoms with van der Waals surface area (Å²) >= 11 is 0. The molecule has 0 fully saturated rings. The second-order valence-corrected chi connectivity index (χ2v) is 14.1. The Balaban J connectivity index is 1.71. The molecular weight excluding hydrogens is 553 g/mol. The zero-order valence-corrected chi connectivity index (χ0v) is 25.2. The van der Waals surface area contributed by atoms with Crippen molar-refractivity contribution in [1.82, 2.24) is 0 Å². The second kappa shape index (κ2) is 12.6. The third-order valence-corrected chi connectivity index (χ3v) is 12.4. The normalized spacial score (nSPS) is 15.8. The van der Waals surface area contributed by atoms with E-state index in [0.29, 0.717) is 5.90 Å². The first-order chi connectivity index (χ1) is 21.8. The summed E-state index contributed by atoms with van der Waals surface area (Å²) in [4.78, 5) is 5.34. The highest BCUT2D eigenvalue weighted by molar-refractivity contribution is 7.96. The molecule has 0 saturated heterocycles. The summed E-state index contributed by atoms with van der Waals surface area (Å²) in [5.74, 6) is 1.36. The van der Waals surface area contributed by atoms with E-state index in [1.807, 2.05) is 36.4 Å². The molecule has 0 spiro atoms. The van der Waals surface area contributed by atoms with Crippen molar-refractivity contribution >= 4 is 45.4 Å². The van der Waals surface area contributed by atoms with Crippen LogP contribution in [-0.2, 0) is 4.74 Å². The topological polar surface area (TPSA) is 21.6 Å². The Labute approximate surface area is 259 Å². The van der Waals surface area contributed by atoms with E-state index in [9.17, 15) is 0 Å². The highest BCUT2D eigenvalue weighted by atomic mass is 31.2. The molecule has 44 heavy (non-hydrogen) atoms. The molecule has 0 aromatic heterocycles. The Kier molecular flexibility index (Phi) is 7.91. The molecule has 1 atom stereocenters. The number of nitrogens with zero attached hydrogens (tertiary/aromatic N) is 1. The molecule has 6 aromatic rings. The summed E-state index contributed by atoms with van der Waals surface area (Å²) < 4.78 is 7.01. The molecule has 0 aliphatic carbocycles. The summed E-state index contributed by atoms with van der Waals surface area (Å²) in [5.41, 5.74) is 3.08. The first-order valence-corrected chi connectivity index (χ1v) is 16.7. The van der Waals surface area contributed by atoms with E-state index >= 15 is 0 Å². The fraction of sp³-hybridized carbons (Fsp3) is 0.0244. The molecule has 1 aliphatic heterocycles. The van der Waals surface area contributed by atoms with Crippen molar-refractivity contribution < 1.29 is 4.74 Å². The molecule has 7 rings (SSSR count). The highest BCUT2D eigenvalue weighted by Gasteiger charge is 2.39. The minimum Gasteiger partial charge on any atom is -0.438 e. The van der Waals surface area contributed by atoms with Crippen LogP contribution >= 0.6 is 6.89 Å². The lowest BCUT2D eigenvalue weighted by Crippen LogP contribution is -2.38. The molecular formula is C41H32NOP. The Bertz CT molecular complexity index is 1850. The maximum atomic E-state index is 7.01. The predicted octanol–water partition coefficient (Wildman–Crippen LogP) is 8.74. The molecule has 0 amide bonds. The van der Waals surface area contributed by atoms with Gasteiger partial charge in [0.25, 0.3) is 0 Å². The fourth-order valence-corrected chi connectivity index (χ4v) is 10.7. The number of aliphatic imine (C=N–C) groups is 1. The summed E-state index contributed by atoms with van der Waals surface area (Å²) in [6.07, 6.45) is 2.30. The van der Waals surface area contributed by atoms with Crippen molar-refractivity contribution in [3.8, 4) is 0 Å². The van der Waals surface area contributed by atoms with Gasteiger partial charge in [-0.05, 0) is 46.6 Å². The van der Waals surface area contributed by atoms with Crippen LogP contribution in [0.15, 0.2) is 193 Å². The first-order valence-electron chi connectivity index (χ1n) is 14.9. The van der Waals surface area contributed by atoms with Gasteiger partial charge in [0, 0.05) is 16.8 Å². The molecule has 2 nitrogen and oxygen atoms in total. The van der Waals surface area contributed by atoms with Gasteiger partial charge >= 0.3 is 0 Å². The molecule has 1 heterocycles. The number of hydrogen-bond acceptors (Lipinski definition) is 2. The molecule has 0 radical (unpaired) electrons. The van der Waals surface area contributed by atoms with Crippen LogP contribution in [0.3, 0.4) is 0 Å². The number of para-hydroxylation sites is 1. The van der Waals surface area contributed by atoms with Crippen molar-refractivity contribution in [2.75, 3.05) is 0 Å². The lowest BCUT2D eigenvalue weighted by atomic mass is 9.92. The Hall–Kier alpha value is -5.17. The zero-order chi connectivity index (χ0) is 29.6. The van der Waals surface area contributed by atoms with Crippen LogP contribution < -0.4 is 15.9 Å². The van der Waals surface area contributed by atoms with Crippen LogP contribution in [-0.4, -0.2) is 11.2 Å². The largest absolute Gasteiger partial charge is 0.438 e. The second-order valence-electron chi connectivity index (χ2n) is 10.7. The summed E-state index contributed by atoms with van der Waals surface area (Å²) in [5, 5.41) is 4.95. The number of benzene rings is 6. The standard InChI is InChI=1S/C41H32NOP/c1-7-19-32(20-8-1)38-31-39(33-21-9-2-10-22-33)43-41(42-34-23-11-3-12-24-34)40(38)44(35-25-13-4-14-26-35,36-27-15-5-16-28-36)37-29-17-6-18-30-37/h1-31,38H. The highest BCUT2D eigenvalue weighted by Crippen LogP contribution is 2.51. The zero-order valence-electron chi connectivity index (χ0n) is 24.3. The molecule has 3 heteroatoms. The van der Waals surface area contributed by atoms with Gasteiger partial charge in [-0.15, -0.1) is 0 Å². The number of allylic oxidation sites excluding steroid dienone is 1. The van der Waals surface area contributed by atoms with Crippen molar-refractivity contribution in [1.29, 1.82) is 0 Å². The van der Waals surface area contributed by atoms with Gasteiger partial charge < -0.3 is 4.74 Å². The van der Waals surface area contributed by atoms with Crippen LogP contribution in [0.5, 0.6) is 0 Å². The van der Waals surface area contributed by atoms with Gasteiger partial charge in [-0.1, -0.05) is 170 Å². The average Bonchev–Trinajstić information content (AvgIpc) is 3.11. The van der Waals surface area contributed by atoms with Crippen LogP contribution in [0, 0.1) is 0 Å². The van der Waals surface area contributed by atoms with Crippen LogP contribution in [0.25, 0.3) is 5.76 Å². The van der Waals surface area contributed by atoms with E-state index in [4.69, 9.17) is 9.73 Å². The van der Waals surface area contributed by atoms with Crippen molar-refractivity contribution in [2.45, 2.75) is 5.92 Å². The van der Waals surface area contributed by atoms with Gasteiger partial charge in [0.05, 0.1) is 5.69 Å². The molecule has 6 aromatic carbocycles. The van der Waals surface area contributed by atoms with Gasteiger partial charge in [0.1, 0.15) is 5.76 Å². The third-order valence-electron chi connectivity index (χ3n) is 8.03. The SMILES string of the molecule is C1=C(c2ccccc2)OC(=Nc2ccccc2)C(=P(c2ccccc2)(c2ccccc2)c2ccccc2)C1c1ccccc1. The Morgan fingerprint density at radius 2 is 0.864 bits per heavy atom. The summed E-state index contributed by atoms with van der Waals surface area (Å²) in [7, 11) is 0. The van der Waals surface area contributed by atoms with E-state index in [1.165, 1.54) is 26.8 Å². The van der Waals surface area contributed by atoms with Crippen molar-refractivity contribution in [2.24, 2.45) is 4.99 Å². The lowest BCUT2D eigenvalue weighted by molar-refractivity contribution is 0.508. The van der Waals surface area contributed by atoms with Gasteiger partial charge in [-0.2, -0.15) is 0 Å². The van der Waals surface area contributed by atoms with E-state index in [1.54, 1.807) is 0 Å². The monoisotopic (exact) mass is 585 g/mol. The van der Waals surface area contributed by atoms with Gasteiger partial charge in [-0.25, -0.2) is 4.99 Å². The van der Waals surface area contributed by atoms with Gasteiger partial charge in [0.2, 0.25) is 5.90 Å². The van der Waals surface area contributed by atoms with E-state index in [2.05, 4.69) is 152 Å². The van der Waals surface area contributed by atoms with Crippen LogP contribution in [0.1, 0.15) is 17.0 Å². The van der Waals surface area contributed by atoms with E-state index in [-0.39, 0.29) is 5.92 Å². The summed E-state index contributed by atoms with van der Waals surface area (Å²) in [6.45, 7) is -2.55. The quantitative estimate of drug-likeness (QED) is 0.179. The maximum absolute atomic E-state index is 7.01. The van der Waals surface area contributed by atoms with Crippen molar-refractivity contribution in [3.63, 3.8) is 0 Å². The number of hydrogen-bond donors (Lipinski definition) is 0. The molecule has 0 saturated carbocycles.